The fraction of sp³-hybridized carbons (Fsp3) is 0.389. The number of aromatic nitrogens is 2. The number of benzene rings is 1. The van der Waals surface area contributed by atoms with Crippen molar-refractivity contribution in [1.29, 1.82) is 0 Å². The van der Waals surface area contributed by atoms with Crippen LogP contribution in [0.3, 0.4) is 0 Å². The number of amides is 2. The average molecular weight is 340 g/mol. The van der Waals surface area contributed by atoms with Crippen molar-refractivity contribution in [3.8, 4) is 0 Å². The second kappa shape index (κ2) is 6.33. The number of hydrogen-bond donors (Lipinski definition) is 1. The Balaban J connectivity index is 1.68. The highest BCUT2D eigenvalue weighted by Crippen LogP contribution is 2.33. The van der Waals surface area contributed by atoms with Crippen LogP contribution in [0.1, 0.15) is 23.7 Å². The van der Waals surface area contributed by atoms with Crippen LogP contribution >= 0.6 is 0 Å². The van der Waals surface area contributed by atoms with Crippen molar-refractivity contribution >= 4 is 17.5 Å². The largest absolute Gasteiger partial charge is 0.356 e. The summed E-state index contributed by atoms with van der Waals surface area (Å²) in [6.45, 7) is 0.548. The highest BCUT2D eigenvalue weighted by Gasteiger charge is 2.42. The van der Waals surface area contributed by atoms with Gasteiger partial charge in [0.05, 0.1) is 23.6 Å². The van der Waals surface area contributed by atoms with Gasteiger partial charge in [0.15, 0.2) is 6.10 Å². The number of aryl methyl sites for hydroxylation is 1. The van der Waals surface area contributed by atoms with E-state index in [0.717, 1.165) is 29.8 Å². The third-order valence-electron chi connectivity index (χ3n) is 4.93. The van der Waals surface area contributed by atoms with Gasteiger partial charge < -0.3 is 14.5 Å². The molecule has 0 unspecified atom stereocenters. The number of fused-ring (bicyclic) bond motifs is 1. The molecule has 1 fully saturated rings. The Morgan fingerprint density at radius 2 is 2.12 bits per heavy atom. The maximum absolute atomic E-state index is 13.3. The second-order valence-electron chi connectivity index (χ2n) is 6.42. The number of aromatic amines is 1. The Morgan fingerprint density at radius 3 is 2.92 bits per heavy atom. The fourth-order valence-corrected chi connectivity index (χ4v) is 3.61. The fourth-order valence-electron chi connectivity index (χ4n) is 3.61. The number of hydrogen-bond acceptors (Lipinski definition) is 4. The van der Waals surface area contributed by atoms with E-state index < -0.39 is 12.1 Å². The molecular weight excluding hydrogens is 320 g/mol. The standard InChI is InChI=1S/C18H20N4O3/c1-21-15(23)11-25-17(16(21)12-6-3-2-4-7-12)18(24)22-9-5-8-13-14(22)10-19-20-13/h2-4,6-7,10,16-17H,5,8-9,11H2,1H3,(H,19,20)/t16-,17+/m1/s1. The molecule has 1 aromatic carbocycles. The summed E-state index contributed by atoms with van der Waals surface area (Å²) >= 11 is 0. The highest BCUT2D eigenvalue weighted by atomic mass is 16.5. The molecule has 1 saturated heterocycles. The molecule has 25 heavy (non-hydrogen) atoms. The lowest BCUT2D eigenvalue weighted by molar-refractivity contribution is -0.161. The summed E-state index contributed by atoms with van der Waals surface area (Å²) in [5.74, 6) is -0.254. The number of morpholine rings is 1. The highest BCUT2D eigenvalue weighted by molar-refractivity contribution is 5.99. The molecule has 130 valence electrons. The number of rotatable bonds is 2. The van der Waals surface area contributed by atoms with Gasteiger partial charge in [0, 0.05) is 13.6 Å². The van der Waals surface area contributed by atoms with Gasteiger partial charge in [-0.15, -0.1) is 0 Å². The third-order valence-corrected chi connectivity index (χ3v) is 4.93. The van der Waals surface area contributed by atoms with Crippen LogP contribution in [-0.2, 0) is 20.7 Å². The molecule has 0 saturated carbocycles. The third kappa shape index (κ3) is 2.70. The van der Waals surface area contributed by atoms with Crippen LogP contribution in [-0.4, -0.2) is 53.2 Å². The molecule has 0 aliphatic carbocycles. The second-order valence-corrected chi connectivity index (χ2v) is 6.42. The zero-order valence-corrected chi connectivity index (χ0v) is 14.0. The number of anilines is 1. The average Bonchev–Trinajstić information content (AvgIpc) is 3.12. The van der Waals surface area contributed by atoms with Gasteiger partial charge in [0.1, 0.15) is 6.61 Å². The summed E-state index contributed by atoms with van der Waals surface area (Å²) in [4.78, 5) is 28.8. The molecule has 3 heterocycles. The number of nitrogens with one attached hydrogen (secondary N) is 1. The quantitative estimate of drug-likeness (QED) is 0.893. The van der Waals surface area contributed by atoms with E-state index in [4.69, 9.17) is 4.74 Å². The summed E-state index contributed by atoms with van der Waals surface area (Å²) in [6.07, 6.45) is 2.71. The first-order chi connectivity index (χ1) is 12.2. The molecule has 2 aliphatic rings. The predicted octanol–water partition coefficient (Wildman–Crippen LogP) is 1.29. The van der Waals surface area contributed by atoms with Gasteiger partial charge >= 0.3 is 0 Å². The monoisotopic (exact) mass is 340 g/mol. The lowest BCUT2D eigenvalue weighted by Crippen LogP contribution is -2.54. The zero-order valence-electron chi connectivity index (χ0n) is 14.0. The number of ether oxygens (including phenoxy) is 1. The minimum absolute atomic E-state index is 0.0810. The smallest absolute Gasteiger partial charge is 0.258 e. The first-order valence-corrected chi connectivity index (χ1v) is 8.42. The van der Waals surface area contributed by atoms with Crippen LogP contribution in [0.15, 0.2) is 36.5 Å². The first kappa shape index (κ1) is 15.8. The molecule has 2 aliphatic heterocycles. The van der Waals surface area contributed by atoms with Crippen LogP contribution in [0.25, 0.3) is 0 Å². The topological polar surface area (TPSA) is 78.5 Å². The van der Waals surface area contributed by atoms with E-state index in [9.17, 15) is 9.59 Å². The molecule has 0 bridgehead atoms. The molecule has 1 N–H and O–H groups in total. The Labute approximate surface area is 145 Å². The van der Waals surface area contributed by atoms with Crippen molar-refractivity contribution in [2.45, 2.75) is 25.0 Å². The molecule has 2 atom stereocenters. The minimum Gasteiger partial charge on any atom is -0.356 e. The van der Waals surface area contributed by atoms with E-state index in [1.165, 1.54) is 0 Å². The number of nitrogens with zero attached hydrogens (tertiary/aromatic N) is 3. The van der Waals surface area contributed by atoms with E-state index in [1.54, 1.807) is 23.0 Å². The first-order valence-electron chi connectivity index (χ1n) is 8.42. The SMILES string of the molecule is CN1C(=O)CO[C@H](C(=O)N2CCCc3[nH]ncc32)[C@H]1c1ccccc1. The normalized spacial score (nSPS) is 23.5. The summed E-state index contributed by atoms with van der Waals surface area (Å²) < 4.78 is 5.72. The summed E-state index contributed by atoms with van der Waals surface area (Å²) in [5, 5.41) is 7.02. The summed E-state index contributed by atoms with van der Waals surface area (Å²) in [7, 11) is 1.72. The lowest BCUT2D eigenvalue weighted by Gasteiger charge is -2.40. The maximum atomic E-state index is 13.3. The van der Waals surface area contributed by atoms with Gasteiger partial charge in [-0.2, -0.15) is 5.10 Å². The number of likely N-dealkylation sites (N-methyl/N-ethyl adjacent to an activating group) is 1. The van der Waals surface area contributed by atoms with E-state index in [2.05, 4.69) is 10.2 Å². The van der Waals surface area contributed by atoms with E-state index >= 15 is 0 Å². The van der Waals surface area contributed by atoms with Crippen LogP contribution in [0.4, 0.5) is 5.69 Å². The predicted molar refractivity (Wildman–Crippen MR) is 91.0 cm³/mol. The van der Waals surface area contributed by atoms with E-state index in [1.807, 2.05) is 30.3 Å². The molecule has 4 rings (SSSR count). The van der Waals surface area contributed by atoms with Gasteiger partial charge in [-0.25, -0.2) is 0 Å². The van der Waals surface area contributed by atoms with Gasteiger partial charge in [-0.3, -0.25) is 14.7 Å². The van der Waals surface area contributed by atoms with Gasteiger partial charge in [0.25, 0.3) is 5.91 Å². The van der Waals surface area contributed by atoms with Crippen LogP contribution < -0.4 is 4.90 Å². The van der Waals surface area contributed by atoms with Crippen LogP contribution in [0.2, 0.25) is 0 Å². The molecule has 7 heteroatoms. The minimum atomic E-state index is -0.731. The molecular formula is C18H20N4O3. The molecule has 7 nitrogen and oxygen atoms in total. The van der Waals surface area contributed by atoms with Crippen molar-refractivity contribution < 1.29 is 14.3 Å². The lowest BCUT2D eigenvalue weighted by atomic mass is 9.96. The van der Waals surface area contributed by atoms with Crippen LogP contribution in [0.5, 0.6) is 0 Å². The van der Waals surface area contributed by atoms with E-state index in [-0.39, 0.29) is 18.4 Å². The van der Waals surface area contributed by atoms with E-state index in [0.29, 0.717) is 6.54 Å². The Kier molecular flexibility index (Phi) is 4.01. The Morgan fingerprint density at radius 1 is 1.32 bits per heavy atom. The Hall–Kier alpha value is -2.67. The van der Waals surface area contributed by atoms with Crippen molar-refractivity contribution in [3.63, 3.8) is 0 Å². The van der Waals surface area contributed by atoms with Gasteiger partial charge in [0.2, 0.25) is 5.91 Å². The molecule has 1 aromatic heterocycles. The number of carbonyl (C=O) groups excluding carboxylic acids is 2. The van der Waals surface area contributed by atoms with Crippen molar-refractivity contribution in [1.82, 2.24) is 15.1 Å². The molecule has 2 aromatic rings. The zero-order chi connectivity index (χ0) is 17.4. The van der Waals surface area contributed by atoms with Crippen molar-refractivity contribution in [3.05, 3.63) is 47.8 Å². The Bertz CT molecular complexity index is 789. The van der Waals surface area contributed by atoms with Crippen molar-refractivity contribution in [2.24, 2.45) is 0 Å². The molecule has 0 radical (unpaired) electrons. The van der Waals surface area contributed by atoms with Gasteiger partial charge in [-0.1, -0.05) is 30.3 Å². The van der Waals surface area contributed by atoms with Crippen LogP contribution in [0, 0.1) is 0 Å². The number of H-pyrrole nitrogens is 1. The van der Waals surface area contributed by atoms with Crippen molar-refractivity contribution in [2.75, 3.05) is 25.1 Å². The molecule has 0 spiro atoms. The summed E-state index contributed by atoms with van der Waals surface area (Å²) in [5.41, 5.74) is 2.67. The summed E-state index contributed by atoms with van der Waals surface area (Å²) in [6, 6.07) is 9.12. The number of carbonyl (C=O) groups is 2. The van der Waals surface area contributed by atoms with Gasteiger partial charge in [-0.05, 0) is 18.4 Å². The molecule has 2 amide bonds. The maximum Gasteiger partial charge on any atom is 0.258 e.